The Labute approximate surface area is 157 Å². The summed E-state index contributed by atoms with van der Waals surface area (Å²) in [5.74, 6) is 1.23. The molecule has 1 aliphatic heterocycles. The molecule has 0 radical (unpaired) electrons. The van der Waals surface area contributed by atoms with Gasteiger partial charge in [0.15, 0.2) is 16.6 Å². The van der Waals surface area contributed by atoms with E-state index in [9.17, 15) is 4.79 Å². The first-order valence-electron chi connectivity index (χ1n) is 8.43. The first-order valence-corrected chi connectivity index (χ1v) is 9.25. The lowest BCUT2D eigenvalue weighted by Gasteiger charge is -2.17. The summed E-state index contributed by atoms with van der Waals surface area (Å²) in [5, 5.41) is 3.40. The molecule has 138 valence electrons. The Hall–Kier alpha value is -2.54. The topological polar surface area (TPSA) is 86.5 Å². The molecule has 0 saturated heterocycles. The molecular formula is C19H23N3O3S. The predicted molar refractivity (Wildman–Crippen MR) is 103 cm³/mol. The monoisotopic (exact) mass is 373 g/mol. The number of amides is 1. The lowest BCUT2D eigenvalue weighted by Crippen LogP contribution is -2.21. The number of allylic oxidation sites excluding steroid dienone is 1. The zero-order valence-corrected chi connectivity index (χ0v) is 16.0. The molecule has 0 unspecified atom stereocenters. The average molecular weight is 373 g/mol. The third-order valence-electron chi connectivity index (χ3n) is 4.22. The largest absolute Gasteiger partial charge is 0.493 e. The number of carbonyl (C=O) groups excluding carboxylic acids is 1. The number of nitrogens with one attached hydrogen (secondary N) is 1. The molecule has 1 aliphatic rings. The van der Waals surface area contributed by atoms with Crippen LogP contribution in [-0.2, 0) is 11.3 Å². The second-order valence-electron chi connectivity index (χ2n) is 6.40. The van der Waals surface area contributed by atoms with Crippen LogP contribution in [0.2, 0.25) is 0 Å². The molecule has 6 nitrogen and oxygen atoms in total. The number of thiazole rings is 1. The van der Waals surface area contributed by atoms with Gasteiger partial charge in [0.25, 0.3) is 0 Å². The van der Waals surface area contributed by atoms with Crippen LogP contribution < -0.4 is 20.5 Å². The minimum absolute atomic E-state index is 0.00150. The van der Waals surface area contributed by atoms with Crippen molar-refractivity contribution in [1.82, 2.24) is 10.3 Å². The van der Waals surface area contributed by atoms with Gasteiger partial charge in [-0.05, 0) is 37.6 Å². The van der Waals surface area contributed by atoms with Crippen molar-refractivity contribution in [3.8, 4) is 11.5 Å². The number of anilines is 1. The van der Waals surface area contributed by atoms with Crippen LogP contribution in [0.4, 0.5) is 5.13 Å². The normalized spacial score (nSPS) is 16.3. The summed E-state index contributed by atoms with van der Waals surface area (Å²) in [5.41, 5.74) is 8.91. The molecular weight excluding hydrogens is 350 g/mol. The molecule has 3 rings (SSSR count). The van der Waals surface area contributed by atoms with Gasteiger partial charge in [0, 0.05) is 17.2 Å². The number of carbonyl (C=O) groups is 1. The second kappa shape index (κ2) is 7.78. The van der Waals surface area contributed by atoms with Crippen LogP contribution in [0.15, 0.2) is 29.8 Å². The van der Waals surface area contributed by atoms with Crippen LogP contribution in [0.1, 0.15) is 42.3 Å². The molecule has 2 heterocycles. The van der Waals surface area contributed by atoms with E-state index in [0.29, 0.717) is 36.2 Å². The van der Waals surface area contributed by atoms with Crippen LogP contribution in [0.5, 0.6) is 11.5 Å². The minimum atomic E-state index is -0.0944. The number of ether oxygens (including phenoxy) is 2. The predicted octanol–water partition coefficient (Wildman–Crippen LogP) is 3.23. The van der Waals surface area contributed by atoms with Crippen molar-refractivity contribution in [2.45, 2.75) is 32.7 Å². The number of methoxy groups -OCH3 is 1. The van der Waals surface area contributed by atoms with E-state index >= 15 is 0 Å². The maximum absolute atomic E-state index is 12.1. The molecule has 0 fully saturated rings. The number of nitrogens with zero attached hydrogens (tertiary/aromatic N) is 1. The van der Waals surface area contributed by atoms with Gasteiger partial charge in [-0.25, -0.2) is 4.98 Å². The smallest absolute Gasteiger partial charge is 0.221 e. The zero-order valence-electron chi connectivity index (χ0n) is 15.2. The molecule has 1 aromatic carbocycles. The van der Waals surface area contributed by atoms with E-state index in [1.165, 1.54) is 16.9 Å². The van der Waals surface area contributed by atoms with Crippen molar-refractivity contribution in [2.24, 2.45) is 0 Å². The van der Waals surface area contributed by atoms with Crippen molar-refractivity contribution >= 4 is 22.4 Å². The highest BCUT2D eigenvalue weighted by Gasteiger charge is 2.28. The third kappa shape index (κ3) is 3.99. The summed E-state index contributed by atoms with van der Waals surface area (Å²) in [7, 11) is 1.61. The fourth-order valence-electron chi connectivity index (χ4n) is 2.90. The summed E-state index contributed by atoms with van der Waals surface area (Å²) in [6.45, 7) is 4.96. The number of nitrogens with two attached hydrogens (primary N) is 1. The fraction of sp³-hybridized carbons (Fsp3) is 0.368. The number of aromatic nitrogens is 1. The molecule has 1 aromatic heterocycles. The van der Waals surface area contributed by atoms with Crippen LogP contribution in [0.3, 0.4) is 0 Å². The van der Waals surface area contributed by atoms with E-state index in [-0.39, 0.29) is 11.8 Å². The SMILES string of the molecule is COc1cc([C@@H]2CC(=O)NCc3nc(N)sc32)ccc1OCC=C(C)C. The number of hydrogen-bond acceptors (Lipinski definition) is 6. The summed E-state index contributed by atoms with van der Waals surface area (Å²) in [6.07, 6.45) is 2.37. The summed E-state index contributed by atoms with van der Waals surface area (Å²) in [4.78, 5) is 17.5. The van der Waals surface area contributed by atoms with Gasteiger partial charge in [0.05, 0.1) is 19.3 Å². The number of benzene rings is 1. The molecule has 0 aliphatic carbocycles. The number of hydrogen-bond donors (Lipinski definition) is 2. The van der Waals surface area contributed by atoms with Crippen molar-refractivity contribution in [3.05, 3.63) is 46.0 Å². The highest BCUT2D eigenvalue weighted by Crippen LogP contribution is 2.40. The fourth-order valence-corrected chi connectivity index (χ4v) is 3.88. The molecule has 2 aromatic rings. The Kier molecular flexibility index (Phi) is 5.46. The van der Waals surface area contributed by atoms with E-state index in [1.54, 1.807) is 7.11 Å². The minimum Gasteiger partial charge on any atom is -0.493 e. The molecule has 7 heteroatoms. The lowest BCUT2D eigenvalue weighted by molar-refractivity contribution is -0.121. The third-order valence-corrected chi connectivity index (χ3v) is 5.26. The van der Waals surface area contributed by atoms with Gasteiger partial charge >= 0.3 is 0 Å². The summed E-state index contributed by atoms with van der Waals surface area (Å²) >= 11 is 1.44. The molecule has 1 atom stereocenters. The standard InChI is InChI=1S/C19H23N3O3S/c1-11(2)6-7-25-15-5-4-12(8-16(15)24-3)13-9-17(23)21-10-14-18(13)26-19(20)22-14/h4-6,8,13H,7,9-10H2,1-3H3,(H2,20,22)(H,21,23)/t13-/m0/s1. The van der Waals surface area contributed by atoms with Gasteiger partial charge in [-0.1, -0.05) is 11.6 Å². The Morgan fingerprint density at radius 1 is 1.42 bits per heavy atom. The molecule has 3 N–H and O–H groups in total. The quantitative estimate of drug-likeness (QED) is 0.786. The van der Waals surface area contributed by atoms with Crippen molar-refractivity contribution in [2.75, 3.05) is 19.5 Å². The first kappa shape index (κ1) is 18.3. The zero-order chi connectivity index (χ0) is 18.7. The lowest BCUT2D eigenvalue weighted by atomic mass is 9.93. The second-order valence-corrected chi connectivity index (χ2v) is 7.46. The number of rotatable bonds is 5. The van der Waals surface area contributed by atoms with Crippen LogP contribution >= 0.6 is 11.3 Å². The molecule has 0 spiro atoms. The Bertz CT molecular complexity index is 841. The van der Waals surface area contributed by atoms with Crippen molar-refractivity contribution in [1.29, 1.82) is 0 Å². The Morgan fingerprint density at radius 3 is 2.96 bits per heavy atom. The summed E-state index contributed by atoms with van der Waals surface area (Å²) in [6, 6.07) is 5.80. The highest BCUT2D eigenvalue weighted by atomic mass is 32.1. The van der Waals surface area contributed by atoms with Gasteiger partial charge in [-0.2, -0.15) is 0 Å². The number of nitrogen functional groups attached to an aromatic ring is 1. The molecule has 1 amide bonds. The Balaban J connectivity index is 1.92. The van der Waals surface area contributed by atoms with Gasteiger partial charge in [-0.3, -0.25) is 4.79 Å². The van der Waals surface area contributed by atoms with Crippen molar-refractivity contribution in [3.63, 3.8) is 0 Å². The van der Waals surface area contributed by atoms with E-state index in [2.05, 4.69) is 10.3 Å². The maximum atomic E-state index is 12.1. The van der Waals surface area contributed by atoms with Crippen LogP contribution in [0, 0.1) is 0 Å². The Morgan fingerprint density at radius 2 is 2.23 bits per heavy atom. The average Bonchev–Trinajstić information content (AvgIpc) is 2.91. The van der Waals surface area contributed by atoms with E-state index in [4.69, 9.17) is 15.2 Å². The van der Waals surface area contributed by atoms with E-state index in [1.807, 2.05) is 38.1 Å². The molecule has 0 bridgehead atoms. The highest BCUT2D eigenvalue weighted by molar-refractivity contribution is 7.15. The summed E-state index contributed by atoms with van der Waals surface area (Å²) < 4.78 is 11.3. The van der Waals surface area contributed by atoms with Gasteiger partial charge in [0.1, 0.15) is 6.61 Å². The molecule has 0 saturated carbocycles. The van der Waals surface area contributed by atoms with Crippen LogP contribution in [0.25, 0.3) is 0 Å². The van der Waals surface area contributed by atoms with E-state index in [0.717, 1.165) is 16.1 Å². The van der Waals surface area contributed by atoms with Crippen molar-refractivity contribution < 1.29 is 14.3 Å². The number of fused-ring (bicyclic) bond motifs is 1. The van der Waals surface area contributed by atoms with Gasteiger partial charge < -0.3 is 20.5 Å². The maximum Gasteiger partial charge on any atom is 0.221 e. The van der Waals surface area contributed by atoms with Gasteiger partial charge in [0.2, 0.25) is 5.91 Å². The van der Waals surface area contributed by atoms with E-state index < -0.39 is 0 Å². The first-order chi connectivity index (χ1) is 12.5. The van der Waals surface area contributed by atoms with Gasteiger partial charge in [-0.15, -0.1) is 11.3 Å². The van der Waals surface area contributed by atoms with Crippen LogP contribution in [-0.4, -0.2) is 24.6 Å². The molecule has 26 heavy (non-hydrogen) atoms.